The highest BCUT2D eigenvalue weighted by atomic mass is 32.2. The molecule has 1 N–H and O–H groups in total. The van der Waals surface area contributed by atoms with Crippen LogP contribution in [-0.2, 0) is 26.1 Å². The number of carbonyl (C=O) groups excluding carboxylic acids is 1. The Bertz CT molecular complexity index is 1340. The molecule has 0 bridgehead atoms. The molecule has 12 heteroatoms. The number of nitrogens with zero attached hydrogens (tertiary/aromatic N) is 3. The topological polar surface area (TPSA) is 120 Å². The summed E-state index contributed by atoms with van der Waals surface area (Å²) in [6.45, 7) is 4.63. The van der Waals surface area contributed by atoms with Gasteiger partial charge in [0.1, 0.15) is 22.0 Å². The van der Waals surface area contributed by atoms with E-state index in [2.05, 4.69) is 10.3 Å². The Morgan fingerprint density at radius 1 is 1.27 bits per heavy atom. The first-order valence-corrected chi connectivity index (χ1v) is 12.7. The Balaban J connectivity index is 1.67. The third-order valence-corrected chi connectivity index (χ3v) is 8.36. The minimum Gasteiger partial charge on any atom is -0.492 e. The van der Waals surface area contributed by atoms with Gasteiger partial charge in [0.25, 0.3) is 5.56 Å². The number of nitrogens with one attached hydrogen (secondary N) is 1. The van der Waals surface area contributed by atoms with Crippen molar-refractivity contribution in [2.45, 2.75) is 25.3 Å². The van der Waals surface area contributed by atoms with Gasteiger partial charge in [0, 0.05) is 18.0 Å². The van der Waals surface area contributed by atoms with Crippen LogP contribution in [0.1, 0.15) is 11.8 Å². The van der Waals surface area contributed by atoms with Crippen LogP contribution in [0, 0.1) is 6.92 Å². The second-order valence-electron chi connectivity index (χ2n) is 7.34. The highest BCUT2D eigenvalue weighted by Crippen LogP contribution is 2.33. The Labute approximate surface area is 194 Å². The van der Waals surface area contributed by atoms with Crippen molar-refractivity contribution in [3.8, 4) is 5.75 Å². The zero-order valence-corrected chi connectivity index (χ0v) is 19.9. The molecule has 0 radical (unpaired) electrons. The highest BCUT2D eigenvalue weighted by molar-refractivity contribution is 7.89. The predicted molar refractivity (Wildman–Crippen MR) is 124 cm³/mol. The zero-order valence-electron chi connectivity index (χ0n) is 18.2. The van der Waals surface area contributed by atoms with Gasteiger partial charge in [-0.1, -0.05) is 12.1 Å². The van der Waals surface area contributed by atoms with Crippen molar-refractivity contribution in [1.82, 2.24) is 13.9 Å². The van der Waals surface area contributed by atoms with E-state index in [1.54, 1.807) is 31.2 Å². The molecular formula is C21H24N4O6S2. The molecule has 10 nitrogen and oxygen atoms in total. The van der Waals surface area contributed by atoms with Crippen molar-refractivity contribution >= 4 is 43.2 Å². The average molecular weight is 493 g/mol. The van der Waals surface area contributed by atoms with Crippen molar-refractivity contribution in [1.29, 1.82) is 0 Å². The molecule has 1 aliphatic rings. The molecule has 2 aromatic heterocycles. The summed E-state index contributed by atoms with van der Waals surface area (Å²) in [6, 6.07) is 6.98. The fourth-order valence-corrected chi connectivity index (χ4v) is 6.72. The van der Waals surface area contributed by atoms with E-state index in [1.165, 1.54) is 10.6 Å². The number of amides is 1. The van der Waals surface area contributed by atoms with E-state index in [0.29, 0.717) is 41.0 Å². The zero-order chi connectivity index (χ0) is 23.6. The van der Waals surface area contributed by atoms with Gasteiger partial charge < -0.3 is 14.8 Å². The summed E-state index contributed by atoms with van der Waals surface area (Å²) < 4.78 is 39.8. The number of carbonyl (C=O) groups is 1. The summed E-state index contributed by atoms with van der Waals surface area (Å²) in [5.74, 6) is 0.0524. The largest absolute Gasteiger partial charge is 0.492 e. The summed E-state index contributed by atoms with van der Waals surface area (Å²) in [4.78, 5) is 31.0. The number of fused-ring (bicyclic) bond motifs is 1. The van der Waals surface area contributed by atoms with E-state index in [4.69, 9.17) is 9.47 Å². The van der Waals surface area contributed by atoms with Crippen LogP contribution in [0.4, 0.5) is 5.69 Å². The quantitative estimate of drug-likeness (QED) is 0.534. The molecule has 0 saturated carbocycles. The van der Waals surface area contributed by atoms with Gasteiger partial charge in [-0.2, -0.15) is 4.31 Å². The number of hydrogen-bond donors (Lipinski definition) is 1. The summed E-state index contributed by atoms with van der Waals surface area (Å²) in [5, 5.41) is 2.74. The molecule has 0 spiro atoms. The number of anilines is 1. The number of sulfonamides is 1. The molecule has 1 saturated heterocycles. The van der Waals surface area contributed by atoms with Crippen LogP contribution in [0.5, 0.6) is 5.75 Å². The Morgan fingerprint density at radius 2 is 2.00 bits per heavy atom. The number of para-hydroxylation sites is 2. The highest BCUT2D eigenvalue weighted by Gasteiger charge is 2.32. The van der Waals surface area contributed by atoms with Crippen LogP contribution < -0.4 is 15.6 Å². The van der Waals surface area contributed by atoms with Crippen LogP contribution in [-0.4, -0.2) is 61.1 Å². The van der Waals surface area contributed by atoms with Gasteiger partial charge >= 0.3 is 0 Å². The van der Waals surface area contributed by atoms with Crippen LogP contribution in [0.3, 0.4) is 0 Å². The lowest BCUT2D eigenvalue weighted by Gasteiger charge is -2.26. The fraction of sp³-hybridized carbons (Fsp3) is 0.381. The number of aromatic nitrogens is 2. The van der Waals surface area contributed by atoms with Gasteiger partial charge in [0.2, 0.25) is 15.9 Å². The average Bonchev–Trinajstić information content (AvgIpc) is 3.15. The molecule has 1 aromatic carbocycles. The lowest BCUT2D eigenvalue weighted by Crippen LogP contribution is -2.41. The van der Waals surface area contributed by atoms with Gasteiger partial charge in [0.15, 0.2) is 0 Å². The molecule has 176 valence electrons. The molecule has 0 atom stereocenters. The molecule has 0 unspecified atom stereocenters. The molecule has 3 heterocycles. The number of rotatable bonds is 7. The Kier molecular flexibility index (Phi) is 6.79. The Morgan fingerprint density at radius 3 is 2.73 bits per heavy atom. The smallest absolute Gasteiger partial charge is 0.263 e. The summed E-state index contributed by atoms with van der Waals surface area (Å²) in [6.07, 6.45) is 1.26. The third kappa shape index (κ3) is 4.64. The summed E-state index contributed by atoms with van der Waals surface area (Å²) >= 11 is 1.14. The van der Waals surface area contributed by atoms with E-state index in [1.807, 2.05) is 6.92 Å². The lowest BCUT2D eigenvalue weighted by molar-refractivity contribution is -0.116. The van der Waals surface area contributed by atoms with Crippen molar-refractivity contribution in [3.63, 3.8) is 0 Å². The number of ether oxygens (including phenoxy) is 2. The summed E-state index contributed by atoms with van der Waals surface area (Å²) in [7, 11) is -3.91. The Hall–Kier alpha value is -2.80. The van der Waals surface area contributed by atoms with E-state index >= 15 is 0 Å². The maximum absolute atomic E-state index is 13.3. The van der Waals surface area contributed by atoms with Crippen molar-refractivity contribution in [2.75, 3.05) is 38.2 Å². The SMILES string of the molecule is CCOc1ccccc1NC(=O)Cn1cnc2sc(C)c(S(=O)(=O)N3CCOCC3)c2c1=O. The lowest BCUT2D eigenvalue weighted by atomic mass is 10.3. The number of benzene rings is 1. The van der Waals surface area contributed by atoms with Crippen LogP contribution >= 0.6 is 11.3 Å². The van der Waals surface area contributed by atoms with Gasteiger partial charge in [-0.25, -0.2) is 13.4 Å². The van der Waals surface area contributed by atoms with E-state index in [-0.39, 0.29) is 29.9 Å². The minimum atomic E-state index is -3.91. The number of hydrogen-bond acceptors (Lipinski definition) is 8. The van der Waals surface area contributed by atoms with E-state index in [9.17, 15) is 18.0 Å². The maximum atomic E-state index is 13.3. The molecule has 1 amide bonds. The van der Waals surface area contributed by atoms with Crippen molar-refractivity contribution < 1.29 is 22.7 Å². The second-order valence-corrected chi connectivity index (χ2v) is 10.4. The van der Waals surface area contributed by atoms with Gasteiger partial charge in [0.05, 0.1) is 37.2 Å². The predicted octanol–water partition coefficient (Wildman–Crippen LogP) is 1.82. The maximum Gasteiger partial charge on any atom is 0.263 e. The molecule has 4 rings (SSSR count). The second kappa shape index (κ2) is 9.59. The molecule has 1 aliphatic heterocycles. The number of thiophene rings is 1. The standard InChI is InChI=1S/C21H24N4O6S2/c1-3-31-16-7-5-4-6-15(16)23-17(26)12-24-13-22-20-18(21(24)27)19(14(2)32-20)33(28,29)25-8-10-30-11-9-25/h4-7,13H,3,8-12H2,1-2H3,(H,23,26). The van der Waals surface area contributed by atoms with Crippen LogP contribution in [0.25, 0.3) is 10.2 Å². The molecule has 0 aliphatic carbocycles. The van der Waals surface area contributed by atoms with Crippen molar-refractivity contribution in [3.05, 3.63) is 45.8 Å². The van der Waals surface area contributed by atoms with Crippen LogP contribution in [0.2, 0.25) is 0 Å². The molecule has 33 heavy (non-hydrogen) atoms. The molecular weight excluding hydrogens is 468 g/mol. The molecule has 3 aromatic rings. The van der Waals surface area contributed by atoms with Crippen molar-refractivity contribution in [2.24, 2.45) is 0 Å². The minimum absolute atomic E-state index is 0.00834. The normalized spacial score (nSPS) is 15.0. The first-order chi connectivity index (χ1) is 15.8. The number of aryl methyl sites for hydroxylation is 1. The van der Waals surface area contributed by atoms with E-state index in [0.717, 1.165) is 15.9 Å². The van der Waals surface area contributed by atoms with Gasteiger partial charge in [-0.15, -0.1) is 11.3 Å². The molecule has 1 fully saturated rings. The van der Waals surface area contributed by atoms with Gasteiger partial charge in [-0.3, -0.25) is 14.2 Å². The number of morpholine rings is 1. The first kappa shape index (κ1) is 23.4. The van der Waals surface area contributed by atoms with Gasteiger partial charge in [-0.05, 0) is 26.0 Å². The fourth-order valence-electron chi connectivity index (χ4n) is 3.65. The third-order valence-electron chi connectivity index (χ3n) is 5.14. The monoisotopic (exact) mass is 492 g/mol. The first-order valence-electron chi connectivity index (χ1n) is 10.4. The van der Waals surface area contributed by atoms with E-state index < -0.39 is 21.5 Å². The van der Waals surface area contributed by atoms with Crippen LogP contribution in [0.15, 0.2) is 40.3 Å². The summed E-state index contributed by atoms with van der Waals surface area (Å²) in [5.41, 5.74) is -0.0992.